The van der Waals surface area contributed by atoms with Crippen LogP contribution in [0.5, 0.6) is 0 Å². The molecule has 3 saturated carbocycles. The van der Waals surface area contributed by atoms with E-state index >= 15 is 0 Å². The highest BCUT2D eigenvalue weighted by Crippen LogP contribution is 2.66. The van der Waals surface area contributed by atoms with Crippen LogP contribution < -0.4 is 0 Å². The molecular formula is C22H32O3. The molecule has 0 N–H and O–H groups in total. The van der Waals surface area contributed by atoms with Crippen LogP contribution in [0.15, 0.2) is 11.6 Å². The van der Waals surface area contributed by atoms with Gasteiger partial charge in [0.25, 0.3) is 0 Å². The molecule has 0 aromatic heterocycles. The molecule has 138 valence electrons. The van der Waals surface area contributed by atoms with Gasteiger partial charge in [0.1, 0.15) is 5.78 Å². The Bertz CT molecular complexity index is 650. The predicted octanol–water partition coefficient (Wildman–Crippen LogP) is 4.65. The number of hydrogen-bond acceptors (Lipinski definition) is 3. The molecule has 1 aliphatic heterocycles. The van der Waals surface area contributed by atoms with Crippen molar-refractivity contribution < 1.29 is 14.3 Å². The van der Waals surface area contributed by atoms with Crippen molar-refractivity contribution in [3.05, 3.63) is 11.6 Å². The van der Waals surface area contributed by atoms with Gasteiger partial charge in [-0.3, -0.25) is 4.79 Å². The van der Waals surface area contributed by atoms with Gasteiger partial charge in [0, 0.05) is 17.8 Å². The maximum atomic E-state index is 12.7. The monoisotopic (exact) mass is 344 g/mol. The van der Waals surface area contributed by atoms with Gasteiger partial charge < -0.3 is 9.47 Å². The zero-order valence-corrected chi connectivity index (χ0v) is 16.1. The molecule has 25 heavy (non-hydrogen) atoms. The summed E-state index contributed by atoms with van der Waals surface area (Å²) < 4.78 is 13.0. The molecule has 5 aliphatic rings. The molecular weight excluding hydrogens is 312 g/mol. The fraction of sp³-hybridized carbons (Fsp3) is 0.864. The molecule has 0 amide bonds. The van der Waals surface area contributed by atoms with Crippen LogP contribution in [0, 0.1) is 28.6 Å². The summed E-state index contributed by atoms with van der Waals surface area (Å²) in [6.07, 6.45) is 10.7. The third-order valence-electron chi connectivity index (χ3n) is 8.60. The second kappa shape index (κ2) is 4.98. The van der Waals surface area contributed by atoms with Crippen molar-refractivity contribution in [1.29, 1.82) is 0 Å². The van der Waals surface area contributed by atoms with Crippen LogP contribution in [0.2, 0.25) is 0 Å². The number of Topliss-reactive ketones (excluding diaryl/α,β-unsaturated/α-hetero) is 1. The molecule has 0 aromatic carbocycles. The van der Waals surface area contributed by atoms with E-state index in [-0.39, 0.29) is 17.6 Å². The number of carbonyl (C=O) groups excluding carboxylic acids is 1. The molecule has 3 nitrogen and oxygen atoms in total. The Morgan fingerprint density at radius 2 is 1.72 bits per heavy atom. The van der Waals surface area contributed by atoms with Crippen LogP contribution in [-0.2, 0) is 14.3 Å². The minimum absolute atomic E-state index is 0.132. The first-order valence-electron chi connectivity index (χ1n) is 10.4. The van der Waals surface area contributed by atoms with Gasteiger partial charge in [-0.15, -0.1) is 0 Å². The van der Waals surface area contributed by atoms with Crippen LogP contribution in [-0.4, -0.2) is 23.8 Å². The second-order valence-corrected chi connectivity index (χ2v) is 10.2. The van der Waals surface area contributed by atoms with E-state index in [4.69, 9.17) is 9.47 Å². The summed E-state index contributed by atoms with van der Waals surface area (Å²) in [6.45, 7) is 8.85. The van der Waals surface area contributed by atoms with Crippen LogP contribution in [0.4, 0.5) is 0 Å². The Balaban J connectivity index is 1.63. The number of fused-ring (bicyclic) bond motifs is 8. The van der Waals surface area contributed by atoms with Gasteiger partial charge in [-0.1, -0.05) is 31.4 Å². The fourth-order valence-corrected chi connectivity index (χ4v) is 7.38. The lowest BCUT2D eigenvalue weighted by atomic mass is 9.45. The smallest absolute Gasteiger partial charge is 0.163 e. The third-order valence-corrected chi connectivity index (χ3v) is 8.60. The van der Waals surface area contributed by atoms with E-state index in [1.165, 1.54) is 37.7 Å². The predicted molar refractivity (Wildman–Crippen MR) is 95.9 cm³/mol. The average Bonchev–Trinajstić information content (AvgIpc) is 3.03. The van der Waals surface area contributed by atoms with Gasteiger partial charge in [-0.25, -0.2) is 0 Å². The first-order valence-corrected chi connectivity index (χ1v) is 10.4. The molecule has 3 heteroatoms. The lowest BCUT2D eigenvalue weighted by molar-refractivity contribution is -0.154. The number of ketones is 1. The van der Waals surface area contributed by atoms with Crippen molar-refractivity contribution in [2.75, 3.05) is 0 Å². The quantitative estimate of drug-likeness (QED) is 0.600. The Morgan fingerprint density at radius 3 is 2.52 bits per heavy atom. The van der Waals surface area contributed by atoms with Gasteiger partial charge in [-0.2, -0.15) is 0 Å². The Kier molecular flexibility index (Phi) is 3.29. The fourth-order valence-electron chi connectivity index (χ4n) is 7.38. The molecule has 0 radical (unpaired) electrons. The molecule has 0 spiro atoms. The van der Waals surface area contributed by atoms with E-state index in [1.54, 1.807) is 0 Å². The van der Waals surface area contributed by atoms with Gasteiger partial charge in [-0.05, 0) is 63.7 Å². The van der Waals surface area contributed by atoms with Gasteiger partial charge in [0.2, 0.25) is 0 Å². The lowest BCUT2D eigenvalue weighted by Gasteiger charge is -2.60. The van der Waals surface area contributed by atoms with Crippen molar-refractivity contribution in [3.63, 3.8) is 0 Å². The number of ether oxygens (including phenoxy) is 2. The van der Waals surface area contributed by atoms with Crippen LogP contribution in [0.25, 0.3) is 0 Å². The van der Waals surface area contributed by atoms with Crippen molar-refractivity contribution in [1.82, 2.24) is 0 Å². The van der Waals surface area contributed by atoms with Gasteiger partial charge in [0.05, 0.1) is 12.2 Å². The zero-order chi connectivity index (χ0) is 17.6. The van der Waals surface area contributed by atoms with E-state index in [9.17, 15) is 4.79 Å². The van der Waals surface area contributed by atoms with E-state index in [0.29, 0.717) is 35.4 Å². The highest BCUT2D eigenvalue weighted by molar-refractivity contribution is 5.92. The van der Waals surface area contributed by atoms with Gasteiger partial charge >= 0.3 is 0 Å². The SMILES string of the molecule is CC1(C)O[C@@H]2C3C4=CCC(=O)[C@@]4(C)CCC3[C@@]3(C)CCCCC3[C@H]2O1. The number of carbonyl (C=O) groups is 1. The topological polar surface area (TPSA) is 35.5 Å². The summed E-state index contributed by atoms with van der Waals surface area (Å²) in [4.78, 5) is 12.7. The largest absolute Gasteiger partial charge is 0.344 e. The first-order chi connectivity index (χ1) is 11.8. The maximum Gasteiger partial charge on any atom is 0.163 e. The average molecular weight is 344 g/mol. The summed E-state index contributed by atoms with van der Waals surface area (Å²) in [5, 5.41) is 0. The first kappa shape index (κ1) is 16.5. The van der Waals surface area contributed by atoms with Gasteiger partial charge in [0.15, 0.2) is 5.79 Å². The lowest BCUT2D eigenvalue weighted by Crippen LogP contribution is -2.60. The molecule has 1 saturated heterocycles. The molecule has 1 heterocycles. The summed E-state index contributed by atoms with van der Waals surface area (Å²) in [6, 6.07) is 0. The minimum Gasteiger partial charge on any atom is -0.344 e. The van der Waals surface area contributed by atoms with Crippen molar-refractivity contribution in [3.8, 4) is 0 Å². The maximum absolute atomic E-state index is 12.7. The Morgan fingerprint density at radius 1 is 0.960 bits per heavy atom. The van der Waals surface area contributed by atoms with Crippen LogP contribution in [0.1, 0.15) is 72.6 Å². The highest BCUT2D eigenvalue weighted by atomic mass is 16.8. The summed E-state index contributed by atoms with van der Waals surface area (Å²) in [5.74, 6) is 1.54. The summed E-state index contributed by atoms with van der Waals surface area (Å²) >= 11 is 0. The Labute approximate surface area is 151 Å². The standard InChI is InChI=1S/C22H32O3/c1-20(2)24-18-15-7-5-6-11-21(15,3)14-10-12-22(4)13(8-9-16(22)23)17(14)19(18)25-20/h8,14-15,17-19H,5-7,9-12H2,1-4H3/t14?,15?,17?,18-,19-,21-,22+/m1/s1. The Hall–Kier alpha value is -0.670. The van der Waals surface area contributed by atoms with E-state index in [1.807, 2.05) is 0 Å². The van der Waals surface area contributed by atoms with Crippen molar-refractivity contribution >= 4 is 5.78 Å². The molecule has 4 aliphatic carbocycles. The highest BCUT2D eigenvalue weighted by Gasteiger charge is 2.66. The summed E-state index contributed by atoms with van der Waals surface area (Å²) in [5.41, 5.74) is 1.50. The number of allylic oxidation sites excluding steroid dienone is 1. The molecule has 5 rings (SSSR count). The normalized spacial score (nSPS) is 53.5. The number of hydrogen-bond donors (Lipinski definition) is 0. The van der Waals surface area contributed by atoms with Crippen LogP contribution >= 0.6 is 0 Å². The molecule has 4 fully saturated rings. The molecule has 0 bridgehead atoms. The van der Waals surface area contributed by atoms with Crippen molar-refractivity contribution in [2.24, 2.45) is 28.6 Å². The van der Waals surface area contributed by atoms with E-state index < -0.39 is 5.79 Å². The van der Waals surface area contributed by atoms with Crippen molar-refractivity contribution in [2.45, 2.75) is 90.6 Å². The van der Waals surface area contributed by atoms with Crippen LogP contribution in [0.3, 0.4) is 0 Å². The third kappa shape index (κ3) is 2.03. The molecule has 0 aromatic rings. The second-order valence-electron chi connectivity index (χ2n) is 10.2. The number of rotatable bonds is 0. The minimum atomic E-state index is -0.500. The van der Waals surface area contributed by atoms with E-state index in [0.717, 1.165) is 6.42 Å². The van der Waals surface area contributed by atoms with E-state index in [2.05, 4.69) is 33.8 Å². The summed E-state index contributed by atoms with van der Waals surface area (Å²) in [7, 11) is 0. The molecule has 7 atom stereocenters. The molecule has 3 unspecified atom stereocenters. The zero-order valence-electron chi connectivity index (χ0n) is 16.1.